The zero-order chi connectivity index (χ0) is 15.0. The molecule has 21 heavy (non-hydrogen) atoms. The van der Waals surface area contributed by atoms with E-state index in [-0.39, 0.29) is 11.4 Å². The second-order valence-corrected chi connectivity index (χ2v) is 4.56. The summed E-state index contributed by atoms with van der Waals surface area (Å²) in [6.45, 7) is 3.65. The highest BCUT2D eigenvalue weighted by molar-refractivity contribution is 5.88. The molecule has 0 unspecified atom stereocenters. The average Bonchev–Trinajstić information content (AvgIpc) is 2.84. The van der Waals surface area contributed by atoms with Crippen LogP contribution in [0.5, 0.6) is 11.6 Å². The van der Waals surface area contributed by atoms with Gasteiger partial charge < -0.3 is 9.84 Å². The fourth-order valence-corrected chi connectivity index (χ4v) is 1.94. The van der Waals surface area contributed by atoms with Gasteiger partial charge in [0.05, 0.1) is 5.56 Å². The number of aromatic nitrogens is 4. The molecule has 0 fully saturated rings. The van der Waals surface area contributed by atoms with Gasteiger partial charge in [0.25, 0.3) is 5.88 Å². The first kappa shape index (κ1) is 13.0. The van der Waals surface area contributed by atoms with E-state index in [9.17, 15) is 4.79 Å². The highest BCUT2D eigenvalue weighted by Crippen LogP contribution is 2.27. The van der Waals surface area contributed by atoms with Crippen LogP contribution in [0.1, 0.15) is 21.7 Å². The smallest absolute Gasteiger partial charge is 0.335 e. The summed E-state index contributed by atoms with van der Waals surface area (Å²) in [5, 5.41) is 17.0. The molecule has 0 atom stereocenters. The third-order valence-electron chi connectivity index (χ3n) is 3.11. The van der Waals surface area contributed by atoms with Crippen LogP contribution in [0.4, 0.5) is 0 Å². The van der Waals surface area contributed by atoms with Crippen molar-refractivity contribution in [1.82, 2.24) is 19.6 Å². The number of hydrogen-bond acceptors (Lipinski definition) is 5. The number of hydrogen-bond donors (Lipinski definition) is 1. The molecule has 2 aromatic heterocycles. The van der Waals surface area contributed by atoms with Crippen molar-refractivity contribution in [3.8, 4) is 11.6 Å². The zero-order valence-corrected chi connectivity index (χ0v) is 11.4. The average molecular weight is 284 g/mol. The molecule has 7 heteroatoms. The Morgan fingerprint density at radius 2 is 2.10 bits per heavy atom. The largest absolute Gasteiger partial charge is 0.478 e. The fraction of sp³-hybridized carbons (Fsp3) is 0.143. The van der Waals surface area contributed by atoms with E-state index in [2.05, 4.69) is 15.2 Å². The van der Waals surface area contributed by atoms with E-state index in [4.69, 9.17) is 9.84 Å². The van der Waals surface area contributed by atoms with Crippen molar-refractivity contribution in [2.75, 3.05) is 0 Å². The molecule has 0 radical (unpaired) electrons. The molecule has 3 rings (SSSR count). The first-order chi connectivity index (χ1) is 10.1. The molecule has 1 N–H and O–H groups in total. The number of carboxylic acid groups (broad SMARTS) is 1. The number of ether oxygens (including phenoxy) is 1. The maximum atomic E-state index is 11.0. The number of carboxylic acids is 1. The minimum absolute atomic E-state index is 0.153. The summed E-state index contributed by atoms with van der Waals surface area (Å²) in [7, 11) is 0. The van der Waals surface area contributed by atoms with Crippen molar-refractivity contribution in [2.24, 2.45) is 0 Å². The van der Waals surface area contributed by atoms with Crippen molar-refractivity contribution < 1.29 is 14.6 Å². The molecule has 0 saturated carbocycles. The van der Waals surface area contributed by atoms with E-state index in [0.29, 0.717) is 17.2 Å². The molecule has 0 aliphatic carbocycles. The van der Waals surface area contributed by atoms with Gasteiger partial charge in [0, 0.05) is 12.4 Å². The maximum Gasteiger partial charge on any atom is 0.335 e. The van der Waals surface area contributed by atoms with Gasteiger partial charge in [0.15, 0.2) is 0 Å². The van der Waals surface area contributed by atoms with Crippen LogP contribution in [0.15, 0.2) is 30.6 Å². The molecular weight excluding hydrogens is 272 g/mol. The normalized spacial score (nSPS) is 10.8. The summed E-state index contributed by atoms with van der Waals surface area (Å²) in [6, 6.07) is 4.68. The number of aryl methyl sites for hydroxylation is 2. The molecule has 0 saturated heterocycles. The first-order valence-electron chi connectivity index (χ1n) is 6.24. The molecular formula is C14H12N4O3. The SMILES string of the molecule is Cc1ccc(C(=O)O)cc1Oc1nccn2c(C)nnc12. The Morgan fingerprint density at radius 3 is 2.86 bits per heavy atom. The van der Waals surface area contributed by atoms with E-state index < -0.39 is 5.97 Å². The van der Waals surface area contributed by atoms with Crippen LogP contribution in [0.3, 0.4) is 0 Å². The summed E-state index contributed by atoms with van der Waals surface area (Å²) in [5.41, 5.74) is 1.44. The standard InChI is InChI=1S/C14H12N4O3/c1-8-3-4-10(14(19)20)7-11(8)21-13-12-17-16-9(2)18(12)6-5-15-13/h3-7H,1-2H3,(H,19,20). The minimum Gasteiger partial charge on any atom is -0.478 e. The molecule has 0 bridgehead atoms. The molecule has 1 aromatic carbocycles. The Kier molecular flexibility index (Phi) is 3.02. The number of fused-ring (bicyclic) bond motifs is 1. The lowest BCUT2D eigenvalue weighted by Crippen LogP contribution is -1.99. The second kappa shape index (κ2) is 4.86. The summed E-state index contributed by atoms with van der Waals surface area (Å²) in [4.78, 5) is 15.2. The van der Waals surface area contributed by atoms with E-state index in [0.717, 1.165) is 5.56 Å². The predicted octanol–water partition coefficient (Wildman–Crippen LogP) is 2.23. The maximum absolute atomic E-state index is 11.0. The molecule has 0 aliphatic rings. The van der Waals surface area contributed by atoms with Gasteiger partial charge in [-0.05, 0) is 31.5 Å². The van der Waals surface area contributed by atoms with E-state index in [1.165, 1.54) is 12.1 Å². The van der Waals surface area contributed by atoms with Crippen LogP contribution in [-0.4, -0.2) is 30.7 Å². The lowest BCUT2D eigenvalue weighted by Gasteiger charge is -2.09. The number of benzene rings is 1. The molecule has 2 heterocycles. The second-order valence-electron chi connectivity index (χ2n) is 4.56. The van der Waals surface area contributed by atoms with Gasteiger partial charge >= 0.3 is 5.97 Å². The lowest BCUT2D eigenvalue weighted by molar-refractivity contribution is 0.0696. The van der Waals surface area contributed by atoms with Crippen LogP contribution in [-0.2, 0) is 0 Å². The summed E-state index contributed by atoms with van der Waals surface area (Å²) < 4.78 is 7.48. The Hall–Kier alpha value is -2.96. The first-order valence-corrected chi connectivity index (χ1v) is 6.24. The van der Waals surface area contributed by atoms with Crippen LogP contribution >= 0.6 is 0 Å². The number of nitrogens with zero attached hydrogens (tertiary/aromatic N) is 4. The van der Waals surface area contributed by atoms with Gasteiger partial charge in [0.1, 0.15) is 11.6 Å². The molecule has 0 aliphatic heterocycles. The molecule has 106 valence electrons. The summed E-state index contributed by atoms with van der Waals surface area (Å²) >= 11 is 0. The van der Waals surface area contributed by atoms with E-state index in [1.54, 1.807) is 22.9 Å². The van der Waals surface area contributed by atoms with Gasteiger partial charge in [0.2, 0.25) is 5.65 Å². The van der Waals surface area contributed by atoms with Gasteiger partial charge in [-0.25, -0.2) is 9.78 Å². The molecule has 0 amide bonds. The highest BCUT2D eigenvalue weighted by Gasteiger charge is 2.13. The highest BCUT2D eigenvalue weighted by atomic mass is 16.5. The Labute approximate surface area is 119 Å². The number of aromatic carboxylic acids is 1. The third-order valence-corrected chi connectivity index (χ3v) is 3.11. The van der Waals surface area contributed by atoms with Crippen molar-refractivity contribution in [3.05, 3.63) is 47.5 Å². The van der Waals surface area contributed by atoms with Crippen molar-refractivity contribution >= 4 is 11.6 Å². The Bertz CT molecular complexity index is 841. The van der Waals surface area contributed by atoms with E-state index in [1.807, 2.05) is 13.8 Å². The van der Waals surface area contributed by atoms with Crippen molar-refractivity contribution in [2.45, 2.75) is 13.8 Å². The van der Waals surface area contributed by atoms with Crippen LogP contribution in [0.25, 0.3) is 5.65 Å². The summed E-state index contributed by atoms with van der Waals surface area (Å²) in [5.74, 6) is 0.414. The predicted molar refractivity (Wildman–Crippen MR) is 73.7 cm³/mol. The Balaban J connectivity index is 2.06. The molecule has 3 aromatic rings. The summed E-state index contributed by atoms with van der Waals surface area (Å²) in [6.07, 6.45) is 3.31. The molecule has 0 spiro atoms. The van der Waals surface area contributed by atoms with Crippen LogP contribution in [0, 0.1) is 13.8 Å². The van der Waals surface area contributed by atoms with Gasteiger partial charge in [-0.2, -0.15) is 0 Å². The van der Waals surface area contributed by atoms with Crippen LogP contribution in [0.2, 0.25) is 0 Å². The minimum atomic E-state index is -1.01. The van der Waals surface area contributed by atoms with Crippen molar-refractivity contribution in [3.63, 3.8) is 0 Å². The topological polar surface area (TPSA) is 89.6 Å². The Morgan fingerprint density at radius 1 is 1.29 bits per heavy atom. The number of rotatable bonds is 3. The quantitative estimate of drug-likeness (QED) is 0.793. The molecule has 7 nitrogen and oxygen atoms in total. The van der Waals surface area contributed by atoms with Gasteiger partial charge in [-0.3, -0.25) is 4.40 Å². The third kappa shape index (κ3) is 2.29. The van der Waals surface area contributed by atoms with Crippen LogP contribution < -0.4 is 4.74 Å². The van der Waals surface area contributed by atoms with Gasteiger partial charge in [-0.1, -0.05) is 6.07 Å². The zero-order valence-electron chi connectivity index (χ0n) is 11.4. The monoisotopic (exact) mass is 284 g/mol. The van der Waals surface area contributed by atoms with Crippen molar-refractivity contribution in [1.29, 1.82) is 0 Å². The number of carbonyl (C=O) groups is 1. The van der Waals surface area contributed by atoms with E-state index >= 15 is 0 Å². The fourth-order valence-electron chi connectivity index (χ4n) is 1.94. The lowest BCUT2D eigenvalue weighted by atomic mass is 10.1. The van der Waals surface area contributed by atoms with Gasteiger partial charge in [-0.15, -0.1) is 10.2 Å².